The van der Waals surface area contributed by atoms with Gasteiger partial charge in [0.15, 0.2) is 22.0 Å². The van der Waals surface area contributed by atoms with E-state index in [0.29, 0.717) is 22.8 Å². The number of allylic oxidation sites excluding steroid dienone is 4. The van der Waals surface area contributed by atoms with Crippen molar-refractivity contribution in [3.63, 3.8) is 0 Å². The lowest BCUT2D eigenvalue weighted by atomic mass is 10.1. The number of aliphatic imine (C=N–C) groups is 1. The molecule has 2 atom stereocenters. The molecule has 35 heavy (non-hydrogen) atoms. The topological polar surface area (TPSA) is 87.6 Å². The molecule has 6 nitrogen and oxygen atoms in total. The van der Waals surface area contributed by atoms with E-state index in [-0.39, 0.29) is 9.81 Å². The molecule has 0 spiro atoms. The summed E-state index contributed by atoms with van der Waals surface area (Å²) in [5.41, 5.74) is 5.30. The van der Waals surface area contributed by atoms with E-state index in [1.807, 2.05) is 81.4 Å². The number of nitrogens with zero attached hydrogens (tertiary/aromatic N) is 1. The molecule has 0 bridgehead atoms. The van der Waals surface area contributed by atoms with Crippen LogP contribution in [0.15, 0.2) is 99.8 Å². The first-order valence-corrected chi connectivity index (χ1v) is 13.2. The van der Waals surface area contributed by atoms with Crippen LogP contribution in [0.5, 0.6) is 0 Å². The van der Waals surface area contributed by atoms with Gasteiger partial charge >= 0.3 is 0 Å². The fourth-order valence-electron chi connectivity index (χ4n) is 3.49. The summed E-state index contributed by atoms with van der Waals surface area (Å²) in [5, 5.41) is 0. The number of Topliss-reactive ketones (excluding diaryl/α,β-unsaturated/α-hetero) is 1. The van der Waals surface area contributed by atoms with Crippen molar-refractivity contribution in [3.05, 3.63) is 111 Å². The molecule has 0 fully saturated rings. The van der Waals surface area contributed by atoms with Crippen molar-refractivity contribution in [3.8, 4) is 0 Å². The molecule has 1 aliphatic rings. The van der Waals surface area contributed by atoms with E-state index in [1.165, 1.54) is 12.2 Å². The highest BCUT2D eigenvalue weighted by Crippen LogP contribution is 2.25. The summed E-state index contributed by atoms with van der Waals surface area (Å²) in [6, 6.07) is 22.3. The Bertz CT molecular complexity index is 1360. The van der Waals surface area contributed by atoms with E-state index in [1.54, 1.807) is 12.1 Å². The van der Waals surface area contributed by atoms with Gasteiger partial charge in [0.25, 0.3) is 0 Å². The number of carbonyl (C=O) groups is 1. The molecule has 8 heteroatoms. The van der Waals surface area contributed by atoms with Crippen LogP contribution in [0.25, 0.3) is 0 Å². The predicted octanol–water partition coefficient (Wildman–Crippen LogP) is 5.59. The zero-order valence-corrected chi connectivity index (χ0v) is 21.2. The highest BCUT2D eigenvalue weighted by Gasteiger charge is 2.29. The summed E-state index contributed by atoms with van der Waals surface area (Å²) >= 11 is 0. The van der Waals surface area contributed by atoms with E-state index < -0.39 is 27.8 Å². The van der Waals surface area contributed by atoms with Crippen LogP contribution in [0.1, 0.15) is 16.7 Å². The van der Waals surface area contributed by atoms with Crippen LogP contribution < -0.4 is 9.44 Å². The first kappa shape index (κ1) is 24.5. The number of carbonyl (C=O) groups excluding carboxylic acids is 1. The van der Waals surface area contributed by atoms with Gasteiger partial charge in [0.05, 0.1) is 11.4 Å². The van der Waals surface area contributed by atoms with Crippen molar-refractivity contribution in [1.82, 2.24) is 0 Å². The number of hydrogen-bond acceptors (Lipinski definition) is 4. The van der Waals surface area contributed by atoms with Crippen LogP contribution in [0.3, 0.4) is 0 Å². The molecule has 2 unspecified atom stereocenters. The molecule has 0 saturated heterocycles. The molecule has 0 aromatic heterocycles. The molecule has 1 aliphatic carbocycles. The molecule has 0 aliphatic heterocycles. The normalized spacial score (nSPS) is 15.1. The second-order valence-electron chi connectivity index (χ2n) is 8.20. The summed E-state index contributed by atoms with van der Waals surface area (Å²) in [5.74, 6) is -0.565. The largest absolute Gasteiger partial charge is 0.301 e. The molecule has 0 heterocycles. The smallest absolute Gasteiger partial charge is 0.214 e. The van der Waals surface area contributed by atoms with Crippen molar-refractivity contribution in [2.45, 2.75) is 20.8 Å². The fourth-order valence-corrected chi connectivity index (χ4v) is 5.47. The predicted molar refractivity (Wildman–Crippen MR) is 145 cm³/mol. The summed E-state index contributed by atoms with van der Waals surface area (Å²) in [6.07, 6.45) is 2.97. The number of rotatable bonds is 7. The standard InChI is InChI=1S/C27H25N3O3S2/c1-18-7-4-10-21(13-18)28-24-16-25(34(32)29-22-11-5-8-19(2)14-22)27(31)26(17-24)35(33)30-23-12-6-9-20(3)15-23/h4-17,29-30H,1-3H3. The first-order chi connectivity index (χ1) is 16.8. The number of hydrogen-bond donors (Lipinski definition) is 2. The minimum Gasteiger partial charge on any atom is -0.301 e. The van der Waals surface area contributed by atoms with Gasteiger partial charge in [0.2, 0.25) is 5.78 Å². The molecular formula is C27H25N3O3S2. The lowest BCUT2D eigenvalue weighted by molar-refractivity contribution is -0.111. The number of ketones is 1. The van der Waals surface area contributed by atoms with Crippen molar-refractivity contribution in [2.24, 2.45) is 4.99 Å². The van der Waals surface area contributed by atoms with Crippen molar-refractivity contribution < 1.29 is 13.2 Å². The number of nitrogens with one attached hydrogen (secondary N) is 2. The summed E-state index contributed by atoms with van der Waals surface area (Å²) in [6.45, 7) is 5.80. The molecule has 0 amide bonds. The third-order valence-corrected chi connectivity index (χ3v) is 7.37. The molecule has 0 radical (unpaired) electrons. The molecular weight excluding hydrogens is 478 g/mol. The SMILES string of the molecule is Cc1cccc(N=C2C=C(S(=O)Nc3cccc(C)c3)C(=O)C(S(=O)Nc3cccc(C)c3)=C2)c1. The van der Waals surface area contributed by atoms with Crippen LogP contribution in [0.2, 0.25) is 0 Å². The lowest BCUT2D eigenvalue weighted by Crippen LogP contribution is -2.25. The van der Waals surface area contributed by atoms with Gasteiger partial charge in [-0.25, -0.2) is 13.4 Å². The van der Waals surface area contributed by atoms with Gasteiger partial charge in [-0.2, -0.15) is 0 Å². The van der Waals surface area contributed by atoms with Crippen molar-refractivity contribution >= 4 is 50.5 Å². The van der Waals surface area contributed by atoms with Gasteiger partial charge in [0.1, 0.15) is 9.81 Å². The Morgan fingerprint density at radius 2 is 1.11 bits per heavy atom. The Labute approximate surface area is 210 Å². The molecule has 178 valence electrons. The highest BCUT2D eigenvalue weighted by atomic mass is 32.2. The van der Waals surface area contributed by atoms with Gasteiger partial charge in [-0.3, -0.25) is 4.79 Å². The Hall–Kier alpha value is -3.62. The Balaban J connectivity index is 1.69. The van der Waals surface area contributed by atoms with E-state index in [0.717, 1.165) is 16.7 Å². The average Bonchev–Trinajstić information content (AvgIpc) is 2.80. The number of anilines is 2. The first-order valence-electron chi connectivity index (χ1n) is 10.9. The Morgan fingerprint density at radius 3 is 1.57 bits per heavy atom. The minimum absolute atomic E-state index is 0.0187. The monoisotopic (exact) mass is 503 g/mol. The maximum atomic E-state index is 13.3. The third-order valence-electron chi connectivity index (χ3n) is 5.12. The number of benzene rings is 3. The minimum atomic E-state index is -1.89. The fraction of sp³-hybridized carbons (Fsp3) is 0.111. The zero-order chi connectivity index (χ0) is 24.9. The average molecular weight is 504 g/mol. The van der Waals surface area contributed by atoms with Crippen LogP contribution >= 0.6 is 0 Å². The molecule has 3 aromatic carbocycles. The van der Waals surface area contributed by atoms with Gasteiger partial charge in [-0.05, 0) is 86.0 Å². The van der Waals surface area contributed by atoms with Gasteiger partial charge < -0.3 is 9.44 Å². The quantitative estimate of drug-likeness (QED) is 0.412. The molecule has 4 rings (SSSR count). The van der Waals surface area contributed by atoms with Crippen molar-refractivity contribution in [2.75, 3.05) is 9.44 Å². The molecule has 0 saturated carbocycles. The summed E-state index contributed by atoms with van der Waals surface area (Å²) in [7, 11) is -3.78. The maximum absolute atomic E-state index is 13.3. The highest BCUT2D eigenvalue weighted by molar-refractivity contribution is 7.93. The van der Waals surface area contributed by atoms with E-state index in [9.17, 15) is 13.2 Å². The second kappa shape index (κ2) is 10.8. The Kier molecular flexibility index (Phi) is 7.53. The van der Waals surface area contributed by atoms with Crippen molar-refractivity contribution in [1.29, 1.82) is 0 Å². The lowest BCUT2D eigenvalue weighted by Gasteiger charge is -2.16. The van der Waals surface area contributed by atoms with Gasteiger partial charge in [-0.1, -0.05) is 36.4 Å². The van der Waals surface area contributed by atoms with Crippen LogP contribution in [0.4, 0.5) is 17.1 Å². The molecule has 2 N–H and O–H groups in total. The van der Waals surface area contributed by atoms with Crippen LogP contribution in [-0.4, -0.2) is 19.9 Å². The Morgan fingerprint density at radius 1 is 0.657 bits per heavy atom. The van der Waals surface area contributed by atoms with Crippen LogP contribution in [0, 0.1) is 20.8 Å². The van der Waals surface area contributed by atoms with Gasteiger partial charge in [-0.15, -0.1) is 0 Å². The van der Waals surface area contributed by atoms with E-state index in [2.05, 4.69) is 14.4 Å². The second-order valence-corrected chi connectivity index (χ2v) is 10.6. The zero-order valence-electron chi connectivity index (χ0n) is 19.6. The van der Waals surface area contributed by atoms with Gasteiger partial charge in [0, 0.05) is 11.4 Å². The number of aryl methyl sites for hydroxylation is 3. The van der Waals surface area contributed by atoms with Crippen LogP contribution in [-0.2, 0) is 26.8 Å². The third kappa shape index (κ3) is 6.29. The summed E-state index contributed by atoms with van der Waals surface area (Å²) in [4.78, 5) is 17.9. The molecule has 3 aromatic rings. The van der Waals surface area contributed by atoms with E-state index >= 15 is 0 Å². The summed E-state index contributed by atoms with van der Waals surface area (Å²) < 4.78 is 32.2. The van der Waals surface area contributed by atoms with E-state index in [4.69, 9.17) is 0 Å². The maximum Gasteiger partial charge on any atom is 0.214 e.